The molecule has 0 bridgehead atoms. The van der Waals surface area contributed by atoms with Crippen LogP contribution in [0.25, 0.3) is 117 Å². The summed E-state index contributed by atoms with van der Waals surface area (Å²) in [5.41, 5.74) is 10.1. The minimum Gasteiger partial charge on any atom is -0.0621 e. The van der Waals surface area contributed by atoms with Crippen molar-refractivity contribution in [1.82, 2.24) is 24.1 Å². The molecule has 5 aromatic heterocycles. The molecule has 0 aliphatic carbocycles. The maximum atomic E-state index is 5.52. The zero-order chi connectivity index (χ0) is 44.6. The molecule has 13 rings (SSSR count). The van der Waals surface area contributed by atoms with Crippen LogP contribution in [-0.2, 0) is 10.8 Å². The Balaban J connectivity index is 1.14. The molecule has 0 fully saturated rings. The Labute approximate surface area is 394 Å². The summed E-state index contributed by atoms with van der Waals surface area (Å²) in [5.74, 6) is 1.93. The first-order valence-corrected chi connectivity index (χ1v) is 26.1. The third-order valence-corrected chi connectivity index (χ3v) is 18.3. The number of fused-ring (bicyclic) bond motifs is 12. The van der Waals surface area contributed by atoms with Crippen molar-refractivity contribution in [2.24, 2.45) is 0 Å². The van der Waals surface area contributed by atoms with Crippen molar-refractivity contribution >= 4 is 111 Å². The minimum atomic E-state index is -0.0495. The van der Waals surface area contributed by atoms with Crippen molar-refractivity contribution in [3.63, 3.8) is 0 Å². The molecule has 0 aliphatic heterocycles. The van der Waals surface area contributed by atoms with Gasteiger partial charge in [0.25, 0.3) is 0 Å². The van der Waals surface area contributed by atoms with Crippen LogP contribution in [0.1, 0.15) is 52.7 Å². The maximum absolute atomic E-state index is 5.52. The van der Waals surface area contributed by atoms with Crippen LogP contribution < -0.4 is 0 Å². The van der Waals surface area contributed by atoms with Crippen LogP contribution in [0.4, 0.5) is 0 Å². The summed E-state index contributed by atoms with van der Waals surface area (Å²) in [7, 11) is 0. The van der Waals surface area contributed by atoms with E-state index in [0.717, 1.165) is 33.4 Å². The normalized spacial score (nSPS) is 12.7. The molecular weight excluding hydrogens is 937 g/mol. The summed E-state index contributed by atoms with van der Waals surface area (Å²) < 4.78 is 10.4. The molecule has 8 aromatic carbocycles. The van der Waals surface area contributed by atoms with E-state index >= 15 is 0 Å². The summed E-state index contributed by atoms with van der Waals surface area (Å²) in [4.78, 5) is 16.4. The average molecular weight is 982 g/mol. The Morgan fingerprint density at radius 3 is 1.33 bits per heavy atom. The molecular formula is C59H45N5Se2. The Morgan fingerprint density at radius 2 is 0.803 bits per heavy atom. The van der Waals surface area contributed by atoms with Crippen LogP contribution >= 0.6 is 0 Å². The van der Waals surface area contributed by atoms with Gasteiger partial charge in [0.15, 0.2) is 0 Å². The van der Waals surface area contributed by atoms with Gasteiger partial charge in [-0.05, 0) is 40.7 Å². The van der Waals surface area contributed by atoms with E-state index in [1.165, 1.54) is 76.8 Å². The molecule has 0 radical (unpaired) electrons. The third-order valence-electron chi connectivity index (χ3n) is 13.5. The molecule has 0 unspecified atom stereocenters. The van der Waals surface area contributed by atoms with Crippen molar-refractivity contribution in [1.29, 1.82) is 0 Å². The molecule has 13 aromatic rings. The first-order valence-electron chi connectivity index (χ1n) is 22.7. The van der Waals surface area contributed by atoms with Gasteiger partial charge in [0.05, 0.1) is 5.52 Å². The fourth-order valence-electron chi connectivity index (χ4n) is 9.99. The van der Waals surface area contributed by atoms with Gasteiger partial charge in [-0.2, -0.15) is 0 Å². The van der Waals surface area contributed by atoms with E-state index in [2.05, 4.69) is 214 Å². The van der Waals surface area contributed by atoms with Gasteiger partial charge in [-0.15, -0.1) is 0 Å². The van der Waals surface area contributed by atoms with Gasteiger partial charge in [-0.25, -0.2) is 0 Å². The van der Waals surface area contributed by atoms with E-state index in [1.54, 1.807) is 0 Å². The van der Waals surface area contributed by atoms with Gasteiger partial charge in [0, 0.05) is 11.1 Å². The number of hydrogen-bond acceptors (Lipinski definition) is 3. The number of aromatic nitrogens is 5. The molecule has 0 saturated carbocycles. The van der Waals surface area contributed by atoms with Crippen molar-refractivity contribution in [2.45, 2.75) is 52.4 Å². The second-order valence-corrected chi connectivity index (χ2v) is 24.3. The van der Waals surface area contributed by atoms with Crippen molar-refractivity contribution < 1.29 is 0 Å². The second-order valence-electron chi connectivity index (χ2n) is 19.8. The van der Waals surface area contributed by atoms with Crippen LogP contribution in [0.3, 0.4) is 0 Å². The summed E-state index contributed by atoms with van der Waals surface area (Å²) in [6.07, 6.45) is 0. The topological polar surface area (TPSA) is 48.5 Å². The summed E-state index contributed by atoms with van der Waals surface area (Å²) in [6, 6.07) is 60.9. The molecule has 66 heavy (non-hydrogen) atoms. The third kappa shape index (κ3) is 6.22. The number of nitrogens with zero attached hydrogens (tertiary/aromatic N) is 5. The summed E-state index contributed by atoms with van der Waals surface area (Å²) in [6.45, 7) is 13.8. The predicted molar refractivity (Wildman–Crippen MR) is 281 cm³/mol. The first kappa shape index (κ1) is 39.7. The summed E-state index contributed by atoms with van der Waals surface area (Å²) >= 11 is 0.525. The molecule has 0 spiro atoms. The Hall–Kier alpha value is -6.59. The first-order chi connectivity index (χ1) is 31.9. The molecule has 318 valence electrons. The number of benzene rings is 8. The van der Waals surface area contributed by atoms with E-state index < -0.39 is 0 Å². The van der Waals surface area contributed by atoms with Crippen LogP contribution in [0.2, 0.25) is 0 Å². The Bertz CT molecular complexity index is 4000. The smallest absolute Gasteiger partial charge is 0.0621 e. The number of rotatable bonds is 4. The zero-order valence-electron chi connectivity index (χ0n) is 37.6. The molecule has 0 amide bonds. The van der Waals surface area contributed by atoms with Gasteiger partial charge < -0.3 is 0 Å². The standard InChI is InChI=1S/C59H45N5Se2/c1-58(2,3)36-22-24-47-41(30-36)43-32-44-42-31-37(59(4,5)6)23-25-48(42)64(50(44)33-49(43)63(47)38-14-8-7-9-15-38)57-61-55(34-20-26-53-45(28-34)39-16-10-12-18-51(39)65-53)60-56(62-57)35-21-27-54-46(29-35)40-17-11-13-19-52(40)66-54/h7-33H,1-6H3. The summed E-state index contributed by atoms with van der Waals surface area (Å²) in [5, 5.41) is 10.0. The van der Waals surface area contributed by atoms with E-state index in [0.29, 0.717) is 17.6 Å². The van der Waals surface area contributed by atoms with Crippen molar-refractivity contribution in [2.75, 3.05) is 0 Å². The fourth-order valence-corrected chi connectivity index (χ4v) is 14.5. The van der Waals surface area contributed by atoms with Crippen LogP contribution in [0, 0.1) is 0 Å². The van der Waals surface area contributed by atoms with Crippen LogP contribution in [-0.4, -0.2) is 53.1 Å². The van der Waals surface area contributed by atoms with Gasteiger partial charge in [-0.1, -0.05) is 65.8 Å². The SMILES string of the molecule is CC(C)(C)c1ccc2c(c1)c1cc3c4cc(C(C)(C)C)ccc4n(-c4nc(-c5ccc6[se]c7ccccc7c6c5)nc(-c5ccc6[se]c7ccccc7c6c5)n4)c3cc1n2-c1ccccc1. The predicted octanol–water partition coefficient (Wildman–Crippen LogP) is 14.7. The van der Waals surface area contributed by atoms with E-state index in [9.17, 15) is 0 Å². The quantitative estimate of drug-likeness (QED) is 0.165. The monoisotopic (exact) mass is 983 g/mol. The molecule has 0 N–H and O–H groups in total. The number of para-hydroxylation sites is 1. The van der Waals surface area contributed by atoms with E-state index in [-0.39, 0.29) is 39.8 Å². The van der Waals surface area contributed by atoms with Gasteiger partial charge >= 0.3 is 274 Å². The fraction of sp³-hybridized carbons (Fsp3) is 0.136. The molecule has 5 heterocycles. The molecule has 0 atom stereocenters. The van der Waals surface area contributed by atoms with Crippen molar-refractivity contribution in [3.05, 3.63) is 175 Å². The Morgan fingerprint density at radius 1 is 0.348 bits per heavy atom. The van der Waals surface area contributed by atoms with Gasteiger partial charge in [0.2, 0.25) is 0 Å². The van der Waals surface area contributed by atoms with Crippen molar-refractivity contribution in [3.8, 4) is 34.4 Å². The molecule has 0 saturated heterocycles. The average Bonchev–Trinajstić information content (AvgIpc) is 4.07. The van der Waals surface area contributed by atoms with Crippen LogP contribution in [0.5, 0.6) is 0 Å². The van der Waals surface area contributed by atoms with Gasteiger partial charge in [0.1, 0.15) is 0 Å². The van der Waals surface area contributed by atoms with Gasteiger partial charge in [-0.3, -0.25) is 0 Å². The molecule has 5 nitrogen and oxygen atoms in total. The molecule has 7 heteroatoms. The van der Waals surface area contributed by atoms with E-state index in [4.69, 9.17) is 15.0 Å². The zero-order valence-corrected chi connectivity index (χ0v) is 41.1. The Kier molecular flexibility index (Phi) is 8.70. The molecule has 0 aliphatic rings. The minimum absolute atomic E-state index is 0.00261. The second kappa shape index (κ2) is 14.5. The van der Waals surface area contributed by atoms with Crippen LogP contribution in [0.15, 0.2) is 164 Å². The number of hydrogen-bond donors (Lipinski definition) is 0. The van der Waals surface area contributed by atoms with E-state index in [1.807, 2.05) is 0 Å².